The molecular weight excluding hydrogens is 222 g/mol. The van der Waals surface area contributed by atoms with Gasteiger partial charge in [-0.05, 0) is 0 Å². The second-order valence-corrected chi connectivity index (χ2v) is 3.38. The first-order chi connectivity index (χ1) is 7.00. The smallest absolute Gasteiger partial charge is 0.220 e. The van der Waals surface area contributed by atoms with Gasteiger partial charge in [-0.3, -0.25) is 4.79 Å². The van der Waals surface area contributed by atoms with Crippen LogP contribution in [0.3, 0.4) is 0 Å². The van der Waals surface area contributed by atoms with Gasteiger partial charge in [-0.2, -0.15) is 0 Å². The molecule has 0 aromatic carbocycles. The third-order valence-corrected chi connectivity index (χ3v) is 1.87. The molecule has 4 N–H and O–H groups in total. The fraction of sp³-hybridized carbons (Fsp3) is 0.375. The Hall–Kier alpha value is -1.24. The molecule has 82 valence electrons. The van der Waals surface area contributed by atoms with Crippen LogP contribution >= 0.6 is 11.6 Å². The van der Waals surface area contributed by atoms with Crippen molar-refractivity contribution in [2.75, 3.05) is 0 Å². The van der Waals surface area contributed by atoms with Crippen LogP contribution in [0.1, 0.15) is 18.3 Å². The van der Waals surface area contributed by atoms with Crippen LogP contribution in [0.5, 0.6) is 0 Å². The van der Waals surface area contributed by atoms with E-state index in [1.54, 1.807) is 0 Å². The van der Waals surface area contributed by atoms with Gasteiger partial charge in [0.15, 0.2) is 5.82 Å². The van der Waals surface area contributed by atoms with Crippen molar-refractivity contribution in [3.8, 4) is 0 Å². The fourth-order valence-electron chi connectivity index (χ4n) is 0.965. The SMILES string of the molecule is NC(=O)CC(O)C(O)c1ncc(Cl)cn1. The number of amides is 1. The topological polar surface area (TPSA) is 109 Å². The minimum Gasteiger partial charge on any atom is -0.389 e. The normalized spacial score (nSPS) is 14.6. The van der Waals surface area contributed by atoms with Crippen LogP contribution < -0.4 is 5.73 Å². The van der Waals surface area contributed by atoms with Gasteiger partial charge in [0.1, 0.15) is 6.10 Å². The lowest BCUT2D eigenvalue weighted by molar-refractivity contribution is -0.121. The summed E-state index contributed by atoms with van der Waals surface area (Å²) in [4.78, 5) is 17.9. The van der Waals surface area contributed by atoms with E-state index in [0.29, 0.717) is 5.02 Å². The minimum absolute atomic E-state index is 0.00634. The van der Waals surface area contributed by atoms with Crippen LogP contribution in [0.15, 0.2) is 12.4 Å². The number of aliphatic hydroxyl groups excluding tert-OH is 2. The van der Waals surface area contributed by atoms with Gasteiger partial charge in [0.25, 0.3) is 0 Å². The molecule has 0 aliphatic heterocycles. The Kier molecular flexibility index (Phi) is 3.96. The summed E-state index contributed by atoms with van der Waals surface area (Å²) in [6.07, 6.45) is -0.458. The molecule has 0 spiro atoms. The molecule has 1 heterocycles. The predicted molar refractivity (Wildman–Crippen MR) is 51.8 cm³/mol. The second kappa shape index (κ2) is 5.01. The third-order valence-electron chi connectivity index (χ3n) is 1.68. The monoisotopic (exact) mass is 231 g/mol. The number of rotatable bonds is 4. The van der Waals surface area contributed by atoms with E-state index in [1.165, 1.54) is 12.4 Å². The first-order valence-electron chi connectivity index (χ1n) is 4.12. The van der Waals surface area contributed by atoms with Crippen molar-refractivity contribution >= 4 is 17.5 Å². The van der Waals surface area contributed by atoms with E-state index in [2.05, 4.69) is 9.97 Å². The van der Waals surface area contributed by atoms with E-state index in [9.17, 15) is 15.0 Å². The highest BCUT2D eigenvalue weighted by atomic mass is 35.5. The molecule has 0 saturated carbocycles. The average molecular weight is 232 g/mol. The van der Waals surface area contributed by atoms with E-state index in [0.717, 1.165) is 0 Å². The zero-order valence-corrected chi connectivity index (χ0v) is 8.42. The van der Waals surface area contributed by atoms with Gasteiger partial charge in [0.05, 0.1) is 17.5 Å². The number of nitrogens with zero attached hydrogens (tertiary/aromatic N) is 2. The lowest BCUT2D eigenvalue weighted by Crippen LogP contribution is -2.26. The first-order valence-corrected chi connectivity index (χ1v) is 4.50. The van der Waals surface area contributed by atoms with E-state index < -0.39 is 18.1 Å². The summed E-state index contributed by atoms with van der Waals surface area (Å²) in [6.45, 7) is 0. The van der Waals surface area contributed by atoms with Gasteiger partial charge < -0.3 is 15.9 Å². The number of carbonyl (C=O) groups excluding carboxylic acids is 1. The molecule has 2 atom stereocenters. The maximum Gasteiger partial charge on any atom is 0.220 e. The van der Waals surface area contributed by atoms with Crippen molar-refractivity contribution in [2.45, 2.75) is 18.6 Å². The summed E-state index contributed by atoms with van der Waals surface area (Å²) in [5.74, 6) is -0.719. The van der Waals surface area contributed by atoms with Crippen molar-refractivity contribution in [2.24, 2.45) is 5.73 Å². The standard InChI is InChI=1S/C8H10ClN3O3/c9-4-2-11-8(12-3-4)7(15)5(13)1-6(10)14/h2-3,5,7,13,15H,1H2,(H2,10,14). The highest BCUT2D eigenvalue weighted by Gasteiger charge is 2.22. The number of nitrogens with two attached hydrogens (primary N) is 1. The lowest BCUT2D eigenvalue weighted by atomic mass is 10.1. The summed E-state index contributed by atoms with van der Waals surface area (Å²) in [7, 11) is 0. The van der Waals surface area contributed by atoms with Crippen molar-refractivity contribution in [3.05, 3.63) is 23.2 Å². The minimum atomic E-state index is -1.35. The molecule has 0 aliphatic carbocycles. The summed E-state index contributed by atoms with van der Waals surface area (Å²) in [6, 6.07) is 0. The van der Waals surface area contributed by atoms with Crippen LogP contribution in [0, 0.1) is 0 Å². The Labute approximate surface area is 90.7 Å². The zero-order valence-electron chi connectivity index (χ0n) is 7.67. The summed E-state index contributed by atoms with van der Waals surface area (Å²) >= 11 is 5.54. The molecule has 15 heavy (non-hydrogen) atoms. The van der Waals surface area contributed by atoms with Crippen LogP contribution in [0.25, 0.3) is 0 Å². The zero-order chi connectivity index (χ0) is 11.4. The summed E-state index contributed by atoms with van der Waals surface area (Å²) < 4.78 is 0. The van der Waals surface area contributed by atoms with Crippen LogP contribution in [-0.2, 0) is 4.79 Å². The quantitative estimate of drug-likeness (QED) is 0.641. The average Bonchev–Trinajstić information content (AvgIpc) is 2.17. The van der Waals surface area contributed by atoms with Gasteiger partial charge in [0.2, 0.25) is 5.91 Å². The van der Waals surface area contributed by atoms with Gasteiger partial charge in [-0.1, -0.05) is 11.6 Å². The third kappa shape index (κ3) is 3.43. The molecular formula is C8H10ClN3O3. The van der Waals surface area contributed by atoms with Crippen LogP contribution in [-0.4, -0.2) is 32.2 Å². The Morgan fingerprint density at radius 2 is 2.00 bits per heavy atom. The molecule has 0 radical (unpaired) electrons. The Morgan fingerprint density at radius 1 is 1.47 bits per heavy atom. The fourth-order valence-corrected chi connectivity index (χ4v) is 1.06. The lowest BCUT2D eigenvalue weighted by Gasteiger charge is -2.14. The predicted octanol–water partition coefficient (Wildman–Crippen LogP) is -0.600. The summed E-state index contributed by atoms with van der Waals surface area (Å²) in [5.41, 5.74) is 4.86. The Balaban J connectivity index is 2.71. The van der Waals surface area contributed by atoms with E-state index >= 15 is 0 Å². The van der Waals surface area contributed by atoms with Crippen LogP contribution in [0.2, 0.25) is 5.02 Å². The van der Waals surface area contributed by atoms with Gasteiger partial charge >= 0.3 is 0 Å². The molecule has 0 saturated heterocycles. The van der Waals surface area contributed by atoms with E-state index in [4.69, 9.17) is 17.3 Å². The van der Waals surface area contributed by atoms with E-state index in [-0.39, 0.29) is 12.2 Å². The molecule has 0 fully saturated rings. The van der Waals surface area contributed by atoms with Crippen LogP contribution in [0.4, 0.5) is 0 Å². The number of aliphatic hydroxyl groups is 2. The number of hydrogen-bond acceptors (Lipinski definition) is 5. The first kappa shape index (κ1) is 11.8. The van der Waals surface area contributed by atoms with Crippen molar-refractivity contribution < 1.29 is 15.0 Å². The maximum atomic E-state index is 10.5. The molecule has 0 aliphatic rings. The summed E-state index contributed by atoms with van der Waals surface area (Å²) in [5, 5.41) is 19.2. The van der Waals surface area contributed by atoms with Crippen molar-refractivity contribution in [1.29, 1.82) is 0 Å². The number of carbonyl (C=O) groups is 1. The van der Waals surface area contributed by atoms with Crippen molar-refractivity contribution in [1.82, 2.24) is 9.97 Å². The molecule has 6 nitrogen and oxygen atoms in total. The molecule has 1 rings (SSSR count). The number of hydrogen-bond donors (Lipinski definition) is 3. The maximum absolute atomic E-state index is 10.5. The van der Waals surface area contributed by atoms with Gasteiger partial charge in [0, 0.05) is 12.4 Å². The van der Waals surface area contributed by atoms with Gasteiger partial charge in [-0.25, -0.2) is 9.97 Å². The van der Waals surface area contributed by atoms with Gasteiger partial charge in [-0.15, -0.1) is 0 Å². The number of halogens is 1. The Bertz CT molecular complexity index is 343. The number of primary amides is 1. The molecule has 1 aromatic rings. The van der Waals surface area contributed by atoms with Crippen molar-refractivity contribution in [3.63, 3.8) is 0 Å². The largest absolute Gasteiger partial charge is 0.389 e. The second-order valence-electron chi connectivity index (χ2n) is 2.94. The number of aromatic nitrogens is 2. The highest BCUT2D eigenvalue weighted by molar-refractivity contribution is 6.30. The highest BCUT2D eigenvalue weighted by Crippen LogP contribution is 2.15. The van der Waals surface area contributed by atoms with E-state index in [1.807, 2.05) is 0 Å². The molecule has 2 unspecified atom stereocenters. The Morgan fingerprint density at radius 3 is 2.47 bits per heavy atom. The molecule has 0 bridgehead atoms. The molecule has 7 heteroatoms. The molecule has 1 amide bonds. The molecule has 1 aromatic heterocycles.